The van der Waals surface area contributed by atoms with E-state index in [2.05, 4.69) is 24.0 Å². The summed E-state index contributed by atoms with van der Waals surface area (Å²) in [4.78, 5) is 4.33. The molecule has 0 bridgehead atoms. The fraction of sp³-hybridized carbons (Fsp3) is 0.250. The first-order valence-electron chi connectivity index (χ1n) is 6.74. The average Bonchev–Trinajstić information content (AvgIpc) is 2.46. The average molecular weight is 285 g/mol. The van der Waals surface area contributed by atoms with Crippen LogP contribution in [0.1, 0.15) is 36.6 Å². The third-order valence-electron chi connectivity index (χ3n) is 3.09. The molecule has 2 aromatic rings. The highest BCUT2D eigenvalue weighted by atomic mass is 16.5. The molecule has 1 heterocycles. The molecular formula is C16H19N3O2. The molecule has 0 fully saturated rings. The Morgan fingerprint density at radius 3 is 2.67 bits per heavy atom. The van der Waals surface area contributed by atoms with E-state index in [0.29, 0.717) is 17.4 Å². The van der Waals surface area contributed by atoms with Gasteiger partial charge in [-0.05, 0) is 30.5 Å². The summed E-state index contributed by atoms with van der Waals surface area (Å²) in [5, 5.41) is 11.8. The van der Waals surface area contributed by atoms with Crippen LogP contribution in [0.15, 0.2) is 41.6 Å². The molecule has 0 aliphatic rings. The van der Waals surface area contributed by atoms with Crippen LogP contribution < -0.4 is 10.5 Å². The van der Waals surface area contributed by atoms with Crippen LogP contribution in [0.2, 0.25) is 0 Å². The second kappa shape index (κ2) is 6.26. The molecule has 0 spiro atoms. The molecule has 0 atom stereocenters. The van der Waals surface area contributed by atoms with Gasteiger partial charge in [-0.15, -0.1) is 0 Å². The van der Waals surface area contributed by atoms with Gasteiger partial charge in [0.15, 0.2) is 5.84 Å². The lowest BCUT2D eigenvalue weighted by atomic mass is 10.0. The van der Waals surface area contributed by atoms with Crippen LogP contribution in [0.5, 0.6) is 11.6 Å². The van der Waals surface area contributed by atoms with E-state index in [1.165, 1.54) is 0 Å². The van der Waals surface area contributed by atoms with Gasteiger partial charge >= 0.3 is 0 Å². The van der Waals surface area contributed by atoms with Crippen LogP contribution >= 0.6 is 0 Å². The summed E-state index contributed by atoms with van der Waals surface area (Å²) in [5.41, 5.74) is 8.03. The molecule has 0 amide bonds. The van der Waals surface area contributed by atoms with Crippen molar-refractivity contribution in [3.8, 4) is 11.6 Å². The second-order valence-corrected chi connectivity index (χ2v) is 5.12. The number of nitrogens with two attached hydrogens (primary N) is 1. The number of hydrogen-bond donors (Lipinski definition) is 2. The maximum Gasteiger partial charge on any atom is 0.220 e. The molecule has 5 heteroatoms. The Morgan fingerprint density at radius 1 is 1.29 bits per heavy atom. The highest BCUT2D eigenvalue weighted by molar-refractivity contribution is 5.97. The zero-order valence-electron chi connectivity index (χ0n) is 12.4. The maximum atomic E-state index is 8.78. The third-order valence-corrected chi connectivity index (χ3v) is 3.09. The Labute approximate surface area is 124 Å². The van der Waals surface area contributed by atoms with Crippen LogP contribution in [0.25, 0.3) is 0 Å². The van der Waals surface area contributed by atoms with Crippen molar-refractivity contribution in [2.45, 2.75) is 26.7 Å². The van der Waals surface area contributed by atoms with Gasteiger partial charge in [-0.3, -0.25) is 0 Å². The van der Waals surface area contributed by atoms with E-state index in [0.717, 1.165) is 17.0 Å². The smallest absolute Gasteiger partial charge is 0.220 e. The van der Waals surface area contributed by atoms with Gasteiger partial charge in [-0.2, -0.15) is 0 Å². The minimum absolute atomic E-state index is 0.0301. The zero-order chi connectivity index (χ0) is 15.4. The van der Waals surface area contributed by atoms with Crippen molar-refractivity contribution >= 4 is 5.84 Å². The van der Waals surface area contributed by atoms with E-state index < -0.39 is 0 Å². The number of oxime groups is 1. The fourth-order valence-electron chi connectivity index (χ4n) is 2.06. The molecule has 110 valence electrons. The van der Waals surface area contributed by atoms with Gasteiger partial charge in [0, 0.05) is 17.3 Å². The highest BCUT2D eigenvalue weighted by Gasteiger charge is 2.10. The summed E-state index contributed by atoms with van der Waals surface area (Å²) in [6, 6.07) is 11.2. The lowest BCUT2D eigenvalue weighted by molar-refractivity contribution is 0.318. The number of ether oxygens (including phenoxy) is 1. The monoisotopic (exact) mass is 285 g/mol. The van der Waals surface area contributed by atoms with Gasteiger partial charge < -0.3 is 15.7 Å². The summed E-state index contributed by atoms with van der Waals surface area (Å²) in [6.07, 6.45) is 0. The Hall–Kier alpha value is -2.56. The highest BCUT2D eigenvalue weighted by Crippen LogP contribution is 2.29. The summed E-state index contributed by atoms with van der Waals surface area (Å²) in [7, 11) is 0. The number of nitrogens with zero attached hydrogens (tertiary/aromatic N) is 2. The first-order chi connectivity index (χ1) is 10.0. The quantitative estimate of drug-likeness (QED) is 0.390. The Bertz CT molecular complexity index is 666. The van der Waals surface area contributed by atoms with Crippen molar-refractivity contribution < 1.29 is 9.94 Å². The molecular weight excluding hydrogens is 266 g/mol. The van der Waals surface area contributed by atoms with Crippen LogP contribution in [0.3, 0.4) is 0 Å². The summed E-state index contributed by atoms with van der Waals surface area (Å²) in [6.45, 7) is 6.04. The first-order valence-corrected chi connectivity index (χ1v) is 6.74. The van der Waals surface area contributed by atoms with E-state index in [1.54, 1.807) is 12.1 Å². The number of amidine groups is 1. The van der Waals surface area contributed by atoms with Crippen molar-refractivity contribution in [2.24, 2.45) is 10.9 Å². The minimum Gasteiger partial charge on any atom is -0.439 e. The van der Waals surface area contributed by atoms with Crippen LogP contribution in [-0.2, 0) is 0 Å². The van der Waals surface area contributed by atoms with Gasteiger partial charge in [0.05, 0.1) is 0 Å². The van der Waals surface area contributed by atoms with E-state index >= 15 is 0 Å². The maximum absolute atomic E-state index is 8.78. The van der Waals surface area contributed by atoms with E-state index in [-0.39, 0.29) is 5.84 Å². The van der Waals surface area contributed by atoms with Gasteiger partial charge in [-0.1, -0.05) is 37.2 Å². The number of rotatable bonds is 4. The Kier molecular flexibility index (Phi) is 4.42. The number of aryl methyl sites for hydroxylation is 1. The van der Waals surface area contributed by atoms with Crippen molar-refractivity contribution in [1.29, 1.82) is 0 Å². The summed E-state index contributed by atoms with van der Waals surface area (Å²) in [5.74, 6) is 1.55. The van der Waals surface area contributed by atoms with Gasteiger partial charge in [-0.25, -0.2) is 4.98 Å². The molecule has 0 unspecified atom stereocenters. The standard InChI is InChI=1S/C16H19N3O2/c1-10(2)13-6-4-5-7-14(13)21-15-9-12(16(17)19-20)8-11(3)18-15/h4-10,20H,1-3H3,(H2,17,19). The second-order valence-electron chi connectivity index (χ2n) is 5.12. The molecule has 0 saturated heterocycles. The Morgan fingerprint density at radius 2 is 2.00 bits per heavy atom. The molecule has 1 aromatic heterocycles. The normalized spacial score (nSPS) is 11.7. The molecule has 0 saturated carbocycles. The van der Waals surface area contributed by atoms with Crippen molar-refractivity contribution in [2.75, 3.05) is 0 Å². The zero-order valence-corrected chi connectivity index (χ0v) is 12.4. The van der Waals surface area contributed by atoms with E-state index in [4.69, 9.17) is 15.7 Å². The summed E-state index contributed by atoms with van der Waals surface area (Å²) >= 11 is 0. The number of para-hydroxylation sites is 1. The molecule has 2 rings (SSSR count). The number of aromatic nitrogens is 1. The third kappa shape index (κ3) is 3.51. The van der Waals surface area contributed by atoms with Crippen LogP contribution in [0.4, 0.5) is 0 Å². The molecule has 5 nitrogen and oxygen atoms in total. The van der Waals surface area contributed by atoms with Crippen LogP contribution in [0, 0.1) is 6.92 Å². The molecule has 0 radical (unpaired) electrons. The number of pyridine rings is 1. The summed E-state index contributed by atoms with van der Waals surface area (Å²) < 4.78 is 5.88. The predicted molar refractivity (Wildman–Crippen MR) is 82.1 cm³/mol. The van der Waals surface area contributed by atoms with Crippen molar-refractivity contribution in [3.05, 3.63) is 53.2 Å². The fourth-order valence-corrected chi connectivity index (χ4v) is 2.06. The van der Waals surface area contributed by atoms with Gasteiger partial charge in [0.2, 0.25) is 5.88 Å². The SMILES string of the molecule is Cc1cc(/C(N)=N/O)cc(Oc2ccccc2C(C)C)n1. The van der Waals surface area contributed by atoms with Crippen LogP contribution in [-0.4, -0.2) is 16.0 Å². The predicted octanol–water partition coefficient (Wildman–Crippen LogP) is 3.40. The lowest BCUT2D eigenvalue weighted by Crippen LogP contribution is -2.13. The minimum atomic E-state index is 0.0301. The number of benzene rings is 1. The van der Waals surface area contributed by atoms with E-state index in [9.17, 15) is 0 Å². The van der Waals surface area contributed by atoms with Gasteiger partial charge in [0.25, 0.3) is 0 Å². The molecule has 21 heavy (non-hydrogen) atoms. The lowest BCUT2D eigenvalue weighted by Gasteiger charge is -2.13. The molecule has 0 aliphatic heterocycles. The number of hydrogen-bond acceptors (Lipinski definition) is 4. The topological polar surface area (TPSA) is 80.7 Å². The van der Waals surface area contributed by atoms with E-state index in [1.807, 2.05) is 31.2 Å². The first kappa shape index (κ1) is 14.8. The molecule has 0 aliphatic carbocycles. The van der Waals surface area contributed by atoms with Crippen molar-refractivity contribution in [1.82, 2.24) is 4.98 Å². The molecule has 3 N–H and O–H groups in total. The van der Waals surface area contributed by atoms with Gasteiger partial charge in [0.1, 0.15) is 5.75 Å². The molecule has 1 aromatic carbocycles. The largest absolute Gasteiger partial charge is 0.439 e. The van der Waals surface area contributed by atoms with Crippen molar-refractivity contribution in [3.63, 3.8) is 0 Å². The Balaban J connectivity index is 2.38.